The molecule has 10 heavy (non-hydrogen) atoms. The minimum Gasteiger partial charge on any atom is -0.325 e. The predicted molar refractivity (Wildman–Crippen MR) is 47.7 cm³/mol. The fourth-order valence-corrected chi connectivity index (χ4v) is 0.749. The number of hydrogen-bond acceptors (Lipinski definition) is 0. The Morgan fingerprint density at radius 2 is 2.00 bits per heavy atom. The third-order valence-electron chi connectivity index (χ3n) is 1.96. The summed E-state index contributed by atoms with van der Waals surface area (Å²) in [5, 5.41) is 0. The zero-order valence-corrected chi connectivity index (χ0v) is 7.43. The second-order valence-corrected chi connectivity index (χ2v) is 3.20. The molecule has 0 heteroatoms. The maximum atomic E-state index is 3.68. The summed E-state index contributed by atoms with van der Waals surface area (Å²) in [6, 6.07) is 0. The topological polar surface area (TPSA) is 0 Å². The molecule has 0 aromatic rings. The van der Waals surface area contributed by atoms with Crippen LogP contribution in [0, 0.1) is 18.3 Å². The van der Waals surface area contributed by atoms with E-state index in [0.29, 0.717) is 0 Å². The van der Waals surface area contributed by atoms with Crippen LogP contribution in [0.4, 0.5) is 0 Å². The molecule has 1 atom stereocenters. The van der Waals surface area contributed by atoms with Crippen molar-refractivity contribution in [2.24, 2.45) is 11.8 Å². The zero-order valence-electron chi connectivity index (χ0n) is 7.43. The fourth-order valence-electron chi connectivity index (χ4n) is 0.749. The maximum absolute atomic E-state index is 3.68. The highest BCUT2D eigenvalue weighted by Gasteiger charge is 1.95. The summed E-state index contributed by atoms with van der Waals surface area (Å²) in [5.41, 5.74) is 0. The highest BCUT2D eigenvalue weighted by atomic mass is 14.1. The standard InChI is InChI=1S/C10H19/c1-5-6-7-8-10(4)9(2)3/h5,8-10H,1,6-7H2,2-4H3/q-1. The van der Waals surface area contributed by atoms with Gasteiger partial charge in [0.1, 0.15) is 0 Å². The van der Waals surface area contributed by atoms with E-state index in [2.05, 4.69) is 33.8 Å². The van der Waals surface area contributed by atoms with Gasteiger partial charge < -0.3 is 6.42 Å². The Morgan fingerprint density at radius 3 is 2.40 bits per heavy atom. The molecule has 0 bridgehead atoms. The average Bonchev–Trinajstić information content (AvgIpc) is 1.88. The summed E-state index contributed by atoms with van der Waals surface area (Å²) >= 11 is 0. The van der Waals surface area contributed by atoms with Crippen LogP contribution >= 0.6 is 0 Å². The van der Waals surface area contributed by atoms with Crippen LogP contribution < -0.4 is 0 Å². The summed E-state index contributed by atoms with van der Waals surface area (Å²) in [5.74, 6) is 1.53. The van der Waals surface area contributed by atoms with E-state index >= 15 is 0 Å². The Kier molecular flexibility index (Phi) is 5.38. The maximum Gasteiger partial charge on any atom is -0.0625 e. The Labute approximate surface area is 65.3 Å². The van der Waals surface area contributed by atoms with E-state index in [1.807, 2.05) is 6.08 Å². The molecule has 0 aromatic carbocycles. The van der Waals surface area contributed by atoms with E-state index in [9.17, 15) is 0 Å². The quantitative estimate of drug-likeness (QED) is 0.311. The Bertz CT molecular complexity index is 82.0. The van der Waals surface area contributed by atoms with E-state index < -0.39 is 0 Å². The highest BCUT2D eigenvalue weighted by molar-refractivity contribution is 4.78. The molecule has 0 aliphatic heterocycles. The van der Waals surface area contributed by atoms with Gasteiger partial charge in [-0.1, -0.05) is 39.2 Å². The zero-order chi connectivity index (χ0) is 7.98. The molecule has 0 nitrogen and oxygen atoms in total. The first-order valence-corrected chi connectivity index (χ1v) is 4.12. The van der Waals surface area contributed by atoms with Crippen LogP contribution in [0.2, 0.25) is 0 Å². The number of rotatable bonds is 5. The smallest absolute Gasteiger partial charge is 0.0625 e. The minimum atomic E-state index is 0.750. The number of hydrogen-bond donors (Lipinski definition) is 0. The Morgan fingerprint density at radius 1 is 1.40 bits per heavy atom. The predicted octanol–water partition coefficient (Wildman–Crippen LogP) is 3.45. The lowest BCUT2D eigenvalue weighted by molar-refractivity contribution is 0.461. The van der Waals surface area contributed by atoms with Gasteiger partial charge in [-0.2, -0.15) is 12.3 Å². The van der Waals surface area contributed by atoms with Gasteiger partial charge in [0.05, 0.1) is 0 Å². The van der Waals surface area contributed by atoms with Gasteiger partial charge in [0.15, 0.2) is 0 Å². The van der Waals surface area contributed by atoms with Crippen LogP contribution in [0.1, 0.15) is 33.6 Å². The van der Waals surface area contributed by atoms with Crippen LogP contribution in [-0.4, -0.2) is 0 Å². The molecule has 0 spiro atoms. The van der Waals surface area contributed by atoms with Crippen LogP contribution in [0.25, 0.3) is 0 Å². The molecule has 0 saturated heterocycles. The molecule has 60 valence electrons. The first kappa shape index (κ1) is 9.74. The summed E-state index contributed by atoms with van der Waals surface area (Å²) < 4.78 is 0. The van der Waals surface area contributed by atoms with Crippen molar-refractivity contribution in [1.82, 2.24) is 0 Å². The minimum absolute atomic E-state index is 0.750. The largest absolute Gasteiger partial charge is 0.325 e. The average molecular weight is 139 g/mol. The molecule has 0 radical (unpaired) electrons. The van der Waals surface area contributed by atoms with Crippen molar-refractivity contribution in [3.8, 4) is 0 Å². The van der Waals surface area contributed by atoms with Gasteiger partial charge in [-0.25, -0.2) is 0 Å². The van der Waals surface area contributed by atoms with E-state index in [4.69, 9.17) is 0 Å². The van der Waals surface area contributed by atoms with Crippen molar-refractivity contribution in [2.45, 2.75) is 33.6 Å². The molecule has 0 aromatic heterocycles. The van der Waals surface area contributed by atoms with Crippen molar-refractivity contribution < 1.29 is 0 Å². The normalized spacial score (nSPS) is 13.6. The second-order valence-electron chi connectivity index (χ2n) is 3.20. The highest BCUT2D eigenvalue weighted by Crippen LogP contribution is 2.15. The lowest BCUT2D eigenvalue weighted by atomic mass is 9.93. The van der Waals surface area contributed by atoms with Gasteiger partial charge >= 0.3 is 0 Å². The molecule has 0 aliphatic carbocycles. The summed E-state index contributed by atoms with van der Waals surface area (Å²) in [7, 11) is 0. The molecule has 0 heterocycles. The van der Waals surface area contributed by atoms with Gasteiger partial charge in [0.25, 0.3) is 0 Å². The first-order valence-electron chi connectivity index (χ1n) is 4.12. The summed E-state index contributed by atoms with van der Waals surface area (Å²) in [6.45, 7) is 10.5. The van der Waals surface area contributed by atoms with Crippen molar-refractivity contribution in [2.75, 3.05) is 0 Å². The lowest BCUT2D eigenvalue weighted by Gasteiger charge is -2.24. The van der Waals surface area contributed by atoms with Crippen molar-refractivity contribution in [3.05, 3.63) is 19.1 Å². The van der Waals surface area contributed by atoms with E-state index in [1.54, 1.807) is 0 Å². The lowest BCUT2D eigenvalue weighted by Crippen LogP contribution is -2.03. The number of allylic oxidation sites excluding steroid dienone is 1. The second kappa shape index (κ2) is 5.52. The SMILES string of the molecule is C=CCC[CH-]C(C)C(C)C. The van der Waals surface area contributed by atoms with Gasteiger partial charge in [0, 0.05) is 0 Å². The molecular weight excluding hydrogens is 120 g/mol. The molecule has 0 aliphatic rings. The molecule has 0 rings (SSSR count). The Balaban J connectivity index is 3.21. The van der Waals surface area contributed by atoms with Crippen LogP contribution in [0.3, 0.4) is 0 Å². The molecule has 0 fully saturated rings. The van der Waals surface area contributed by atoms with Gasteiger partial charge in [0.2, 0.25) is 0 Å². The van der Waals surface area contributed by atoms with Gasteiger partial charge in [-0.05, 0) is 0 Å². The number of unbranched alkanes of at least 4 members (excludes halogenated alkanes) is 1. The molecule has 0 amide bonds. The van der Waals surface area contributed by atoms with E-state index in [-0.39, 0.29) is 0 Å². The van der Waals surface area contributed by atoms with Gasteiger partial charge in [-0.15, -0.1) is 6.58 Å². The first-order chi connectivity index (χ1) is 4.68. The van der Waals surface area contributed by atoms with Crippen LogP contribution in [-0.2, 0) is 0 Å². The third-order valence-corrected chi connectivity index (χ3v) is 1.96. The van der Waals surface area contributed by atoms with Gasteiger partial charge in [-0.3, -0.25) is 0 Å². The van der Waals surface area contributed by atoms with Crippen LogP contribution in [0.5, 0.6) is 0 Å². The summed E-state index contributed by atoms with van der Waals surface area (Å²) in [4.78, 5) is 0. The van der Waals surface area contributed by atoms with Crippen molar-refractivity contribution >= 4 is 0 Å². The molecule has 0 N–H and O–H groups in total. The van der Waals surface area contributed by atoms with Crippen molar-refractivity contribution in [1.29, 1.82) is 0 Å². The van der Waals surface area contributed by atoms with E-state index in [0.717, 1.165) is 18.3 Å². The third kappa shape index (κ3) is 4.60. The molecular formula is C10H19-. The fraction of sp³-hybridized carbons (Fsp3) is 0.700. The Hall–Kier alpha value is -0.260. The monoisotopic (exact) mass is 139 g/mol. The van der Waals surface area contributed by atoms with Crippen LogP contribution in [0.15, 0.2) is 12.7 Å². The van der Waals surface area contributed by atoms with E-state index in [1.165, 1.54) is 6.42 Å². The molecule has 0 saturated carbocycles. The molecule has 1 unspecified atom stereocenters. The van der Waals surface area contributed by atoms with Crippen molar-refractivity contribution in [3.63, 3.8) is 0 Å². The summed E-state index contributed by atoms with van der Waals surface area (Å²) in [6.07, 6.45) is 6.66.